The summed E-state index contributed by atoms with van der Waals surface area (Å²) >= 11 is 5.78. The average molecular weight is 281 g/mol. The third-order valence-electron chi connectivity index (χ3n) is 2.49. The number of nitrogens with two attached hydrogens (primary N) is 1. The van der Waals surface area contributed by atoms with E-state index in [9.17, 15) is 9.18 Å². The molecular formula is C13H10ClFN2O2. The molecule has 2 N–H and O–H groups in total. The van der Waals surface area contributed by atoms with Crippen LogP contribution < -0.4 is 5.73 Å². The van der Waals surface area contributed by atoms with Crippen LogP contribution in [0.25, 0.3) is 11.1 Å². The molecule has 0 spiro atoms. The topological polar surface area (TPSA) is 65.2 Å². The van der Waals surface area contributed by atoms with Crippen LogP contribution in [-0.4, -0.2) is 18.1 Å². The van der Waals surface area contributed by atoms with Crippen LogP contribution in [0.15, 0.2) is 30.5 Å². The van der Waals surface area contributed by atoms with Gasteiger partial charge in [0.1, 0.15) is 5.82 Å². The molecule has 2 aromatic rings. The van der Waals surface area contributed by atoms with Crippen molar-refractivity contribution in [2.24, 2.45) is 0 Å². The molecule has 0 aliphatic carbocycles. The van der Waals surface area contributed by atoms with Gasteiger partial charge < -0.3 is 10.5 Å². The second-order valence-electron chi connectivity index (χ2n) is 3.81. The van der Waals surface area contributed by atoms with Gasteiger partial charge >= 0.3 is 5.97 Å². The van der Waals surface area contributed by atoms with Crippen molar-refractivity contribution in [2.75, 3.05) is 12.8 Å². The zero-order valence-electron chi connectivity index (χ0n) is 9.98. The SMILES string of the molecule is COC(=O)c1ncc(-c2cc(F)cc(Cl)c2)cc1N. The van der Waals surface area contributed by atoms with Crippen LogP contribution in [0.5, 0.6) is 0 Å². The number of esters is 1. The van der Waals surface area contributed by atoms with E-state index in [1.54, 1.807) is 6.07 Å². The molecule has 19 heavy (non-hydrogen) atoms. The van der Waals surface area contributed by atoms with Gasteiger partial charge in [0.05, 0.1) is 12.8 Å². The van der Waals surface area contributed by atoms with Crippen molar-refractivity contribution in [3.05, 3.63) is 47.0 Å². The second-order valence-corrected chi connectivity index (χ2v) is 4.25. The third-order valence-corrected chi connectivity index (χ3v) is 2.71. The first-order valence-corrected chi connectivity index (χ1v) is 5.69. The number of methoxy groups -OCH3 is 1. The predicted molar refractivity (Wildman–Crippen MR) is 70.4 cm³/mol. The van der Waals surface area contributed by atoms with Crippen LogP contribution in [0.4, 0.5) is 10.1 Å². The zero-order chi connectivity index (χ0) is 14.0. The van der Waals surface area contributed by atoms with Crippen LogP contribution in [-0.2, 0) is 4.74 Å². The lowest BCUT2D eigenvalue weighted by molar-refractivity contribution is 0.0595. The quantitative estimate of drug-likeness (QED) is 0.859. The van der Waals surface area contributed by atoms with Gasteiger partial charge in [0.2, 0.25) is 0 Å². The lowest BCUT2D eigenvalue weighted by Crippen LogP contribution is -2.08. The van der Waals surface area contributed by atoms with Gasteiger partial charge in [-0.2, -0.15) is 0 Å². The van der Waals surface area contributed by atoms with Crippen molar-refractivity contribution in [2.45, 2.75) is 0 Å². The number of carbonyl (C=O) groups excluding carboxylic acids is 1. The molecule has 0 atom stereocenters. The molecule has 0 aliphatic heterocycles. The Kier molecular flexibility index (Phi) is 3.66. The van der Waals surface area contributed by atoms with E-state index in [4.69, 9.17) is 17.3 Å². The summed E-state index contributed by atoms with van der Waals surface area (Å²) < 4.78 is 17.8. The smallest absolute Gasteiger partial charge is 0.358 e. The van der Waals surface area contributed by atoms with E-state index < -0.39 is 11.8 Å². The number of hydrogen-bond acceptors (Lipinski definition) is 4. The fraction of sp³-hybridized carbons (Fsp3) is 0.0769. The summed E-state index contributed by atoms with van der Waals surface area (Å²) in [4.78, 5) is 15.3. The standard InChI is InChI=1S/C13H10ClFN2O2/c1-19-13(18)12-11(16)4-8(6-17-12)7-2-9(14)5-10(15)3-7/h2-6H,16H2,1H3. The summed E-state index contributed by atoms with van der Waals surface area (Å²) in [6.07, 6.45) is 1.41. The number of hydrogen-bond donors (Lipinski definition) is 1. The van der Waals surface area contributed by atoms with Gasteiger partial charge in [-0.3, -0.25) is 0 Å². The maximum atomic E-state index is 13.3. The van der Waals surface area contributed by atoms with E-state index in [1.165, 1.54) is 31.5 Å². The molecule has 1 aromatic carbocycles. The van der Waals surface area contributed by atoms with Crippen molar-refractivity contribution in [1.29, 1.82) is 0 Å². The summed E-state index contributed by atoms with van der Waals surface area (Å²) in [5.41, 5.74) is 6.99. The molecule has 0 unspecified atom stereocenters. The van der Waals surface area contributed by atoms with Crippen LogP contribution in [0.3, 0.4) is 0 Å². The highest BCUT2D eigenvalue weighted by molar-refractivity contribution is 6.30. The zero-order valence-corrected chi connectivity index (χ0v) is 10.7. The molecular weight excluding hydrogens is 271 g/mol. The third kappa shape index (κ3) is 2.82. The fourth-order valence-electron chi connectivity index (χ4n) is 1.63. The Balaban J connectivity index is 2.47. The van der Waals surface area contributed by atoms with E-state index in [0.29, 0.717) is 11.1 Å². The number of rotatable bonds is 2. The van der Waals surface area contributed by atoms with Gasteiger partial charge in [0.25, 0.3) is 0 Å². The Labute approximate surface area is 114 Å². The number of ether oxygens (including phenoxy) is 1. The Morgan fingerprint density at radius 1 is 1.32 bits per heavy atom. The minimum atomic E-state index is -0.624. The predicted octanol–water partition coefficient (Wildman–Crippen LogP) is 2.91. The second kappa shape index (κ2) is 5.24. The molecule has 4 nitrogen and oxygen atoms in total. The van der Waals surface area contributed by atoms with Crippen molar-refractivity contribution >= 4 is 23.3 Å². The normalized spacial score (nSPS) is 10.3. The first kappa shape index (κ1) is 13.3. The maximum absolute atomic E-state index is 13.3. The molecule has 98 valence electrons. The van der Waals surface area contributed by atoms with Gasteiger partial charge in [-0.05, 0) is 29.8 Å². The van der Waals surface area contributed by atoms with Gasteiger partial charge in [-0.25, -0.2) is 14.2 Å². The summed E-state index contributed by atoms with van der Waals surface area (Å²) in [7, 11) is 1.24. The molecule has 0 radical (unpaired) electrons. The molecule has 2 rings (SSSR count). The first-order valence-electron chi connectivity index (χ1n) is 5.31. The number of nitrogen functional groups attached to an aromatic ring is 1. The first-order chi connectivity index (χ1) is 9.01. The van der Waals surface area contributed by atoms with E-state index in [2.05, 4.69) is 9.72 Å². The highest BCUT2D eigenvalue weighted by atomic mass is 35.5. The van der Waals surface area contributed by atoms with Crippen LogP contribution >= 0.6 is 11.6 Å². The van der Waals surface area contributed by atoms with Crippen LogP contribution in [0.2, 0.25) is 5.02 Å². The van der Waals surface area contributed by atoms with Crippen molar-refractivity contribution in [1.82, 2.24) is 4.98 Å². The number of nitrogens with zero attached hydrogens (tertiary/aromatic N) is 1. The van der Waals surface area contributed by atoms with Crippen molar-refractivity contribution < 1.29 is 13.9 Å². The number of halogens is 2. The lowest BCUT2D eigenvalue weighted by Gasteiger charge is -2.07. The van der Waals surface area contributed by atoms with Crippen molar-refractivity contribution in [3.8, 4) is 11.1 Å². The van der Waals surface area contributed by atoms with Crippen LogP contribution in [0.1, 0.15) is 10.5 Å². The largest absolute Gasteiger partial charge is 0.464 e. The average Bonchev–Trinajstić information content (AvgIpc) is 2.36. The highest BCUT2D eigenvalue weighted by Gasteiger charge is 2.13. The summed E-state index contributed by atoms with van der Waals surface area (Å²) in [6.45, 7) is 0. The van der Waals surface area contributed by atoms with Gasteiger partial charge in [0, 0.05) is 16.8 Å². The Hall–Kier alpha value is -2.14. The Morgan fingerprint density at radius 3 is 2.63 bits per heavy atom. The van der Waals surface area contributed by atoms with Gasteiger partial charge in [0.15, 0.2) is 5.69 Å². The monoisotopic (exact) mass is 280 g/mol. The molecule has 0 amide bonds. The number of benzene rings is 1. The van der Waals surface area contributed by atoms with Crippen LogP contribution in [0, 0.1) is 5.82 Å². The fourth-order valence-corrected chi connectivity index (χ4v) is 1.85. The number of anilines is 1. The molecule has 6 heteroatoms. The van der Waals surface area contributed by atoms with E-state index in [-0.39, 0.29) is 16.4 Å². The molecule has 1 heterocycles. The summed E-state index contributed by atoms with van der Waals surface area (Å²) in [5.74, 6) is -1.08. The number of aromatic nitrogens is 1. The Bertz CT molecular complexity index is 626. The minimum Gasteiger partial charge on any atom is -0.464 e. The number of carbonyl (C=O) groups is 1. The van der Waals surface area contributed by atoms with E-state index >= 15 is 0 Å². The summed E-state index contributed by atoms with van der Waals surface area (Å²) in [6, 6.07) is 5.61. The molecule has 0 aliphatic rings. The van der Waals surface area contributed by atoms with E-state index in [0.717, 1.165) is 0 Å². The van der Waals surface area contributed by atoms with Gasteiger partial charge in [-0.15, -0.1) is 0 Å². The molecule has 0 bridgehead atoms. The summed E-state index contributed by atoms with van der Waals surface area (Å²) in [5, 5.41) is 0.269. The molecule has 1 aromatic heterocycles. The Morgan fingerprint density at radius 2 is 2.05 bits per heavy atom. The lowest BCUT2D eigenvalue weighted by atomic mass is 10.1. The number of pyridine rings is 1. The maximum Gasteiger partial charge on any atom is 0.358 e. The molecule has 0 fully saturated rings. The highest BCUT2D eigenvalue weighted by Crippen LogP contribution is 2.26. The molecule has 0 saturated heterocycles. The van der Waals surface area contributed by atoms with Gasteiger partial charge in [-0.1, -0.05) is 11.6 Å². The minimum absolute atomic E-state index is 0.0220. The van der Waals surface area contributed by atoms with E-state index in [1.807, 2.05) is 0 Å². The molecule has 0 saturated carbocycles. The van der Waals surface area contributed by atoms with Crippen molar-refractivity contribution in [3.63, 3.8) is 0 Å².